The maximum atomic E-state index is 12.9. The van der Waals surface area contributed by atoms with E-state index >= 15 is 0 Å². The summed E-state index contributed by atoms with van der Waals surface area (Å²) in [7, 11) is 1.68. The first kappa shape index (κ1) is 21.7. The van der Waals surface area contributed by atoms with Crippen LogP contribution in [0.5, 0.6) is 0 Å². The van der Waals surface area contributed by atoms with Gasteiger partial charge in [-0.25, -0.2) is 4.98 Å². The van der Waals surface area contributed by atoms with E-state index < -0.39 is 0 Å². The molecule has 0 bridgehead atoms. The third-order valence-electron chi connectivity index (χ3n) is 5.54. The average molecular weight is 441 g/mol. The fourth-order valence-corrected chi connectivity index (χ4v) is 4.61. The van der Waals surface area contributed by atoms with Crippen LogP contribution in [0.3, 0.4) is 0 Å². The van der Waals surface area contributed by atoms with Gasteiger partial charge in [0.15, 0.2) is 0 Å². The smallest absolute Gasteiger partial charge is 0.255 e. The highest BCUT2D eigenvalue weighted by molar-refractivity contribution is 7.13. The molecule has 0 spiro atoms. The normalized spacial score (nSPS) is 16.0. The summed E-state index contributed by atoms with van der Waals surface area (Å²) in [6.45, 7) is 5.95. The molecule has 1 amide bonds. The van der Waals surface area contributed by atoms with Crippen LogP contribution < -0.4 is 5.32 Å². The van der Waals surface area contributed by atoms with Crippen LogP contribution in [0.2, 0.25) is 0 Å². The summed E-state index contributed by atoms with van der Waals surface area (Å²) in [4.78, 5) is 22.2. The number of methoxy groups -OCH3 is 1. The molecule has 4 rings (SSSR count). The van der Waals surface area contributed by atoms with Crippen molar-refractivity contribution in [2.24, 2.45) is 0 Å². The number of hydrogen-bond donors (Lipinski definition) is 1. The molecule has 164 valence electrons. The summed E-state index contributed by atoms with van der Waals surface area (Å²) in [5.41, 5.74) is 5.42. The fraction of sp³-hybridized carbons (Fsp3) is 0.435. The van der Waals surface area contributed by atoms with Crippen LogP contribution in [0.25, 0.3) is 22.0 Å². The van der Waals surface area contributed by atoms with Gasteiger partial charge in [-0.2, -0.15) is 0 Å². The minimum Gasteiger partial charge on any atom is -0.383 e. The molecule has 7 nitrogen and oxygen atoms in total. The SMILES string of the molecule is CCc1cc(-c2nc(-c3cc(C(=O)NC4CCCO4)c(C)n3CCOC)cs2)ccn1. The zero-order chi connectivity index (χ0) is 21.8. The number of aryl methyl sites for hydroxylation is 1. The van der Waals surface area contributed by atoms with E-state index in [1.54, 1.807) is 18.4 Å². The molecule has 31 heavy (non-hydrogen) atoms. The van der Waals surface area contributed by atoms with Crippen molar-refractivity contribution in [3.8, 4) is 22.0 Å². The van der Waals surface area contributed by atoms with Crippen molar-refractivity contribution < 1.29 is 14.3 Å². The van der Waals surface area contributed by atoms with Gasteiger partial charge < -0.3 is 19.4 Å². The Balaban J connectivity index is 1.66. The van der Waals surface area contributed by atoms with E-state index in [0.717, 1.165) is 52.6 Å². The van der Waals surface area contributed by atoms with Crippen LogP contribution in [0, 0.1) is 6.92 Å². The Bertz CT molecular complexity index is 1050. The number of amides is 1. The van der Waals surface area contributed by atoms with Crippen LogP contribution in [-0.2, 0) is 22.4 Å². The highest BCUT2D eigenvalue weighted by Gasteiger charge is 2.24. The lowest BCUT2D eigenvalue weighted by atomic mass is 10.2. The lowest BCUT2D eigenvalue weighted by molar-refractivity contribution is 0.0639. The molecule has 1 aliphatic rings. The van der Waals surface area contributed by atoms with Gasteiger partial charge in [0.05, 0.1) is 23.6 Å². The number of ether oxygens (including phenoxy) is 2. The summed E-state index contributed by atoms with van der Waals surface area (Å²) in [6.07, 6.45) is 4.33. The van der Waals surface area contributed by atoms with Gasteiger partial charge >= 0.3 is 0 Å². The second-order valence-corrected chi connectivity index (χ2v) is 8.43. The van der Waals surface area contributed by atoms with Crippen LogP contribution in [0.4, 0.5) is 0 Å². The minimum atomic E-state index is -0.206. The quantitative estimate of drug-likeness (QED) is 0.572. The predicted molar refractivity (Wildman–Crippen MR) is 121 cm³/mol. The molecule has 1 aliphatic heterocycles. The van der Waals surface area contributed by atoms with E-state index in [4.69, 9.17) is 14.5 Å². The number of carbonyl (C=O) groups is 1. The molecule has 3 aromatic heterocycles. The van der Waals surface area contributed by atoms with E-state index in [0.29, 0.717) is 25.3 Å². The zero-order valence-electron chi connectivity index (χ0n) is 18.2. The highest BCUT2D eigenvalue weighted by Crippen LogP contribution is 2.32. The van der Waals surface area contributed by atoms with Crippen molar-refractivity contribution in [1.29, 1.82) is 0 Å². The number of rotatable bonds is 8. The van der Waals surface area contributed by atoms with Gasteiger partial charge in [0.25, 0.3) is 5.91 Å². The number of carbonyl (C=O) groups excluding carboxylic acids is 1. The monoisotopic (exact) mass is 440 g/mol. The molecule has 0 aliphatic carbocycles. The molecule has 8 heteroatoms. The molecule has 1 atom stereocenters. The maximum absolute atomic E-state index is 12.9. The van der Waals surface area contributed by atoms with Crippen molar-refractivity contribution in [1.82, 2.24) is 19.9 Å². The Labute approximate surface area is 186 Å². The van der Waals surface area contributed by atoms with Gasteiger partial charge in [0, 0.05) is 48.8 Å². The van der Waals surface area contributed by atoms with Crippen molar-refractivity contribution in [3.05, 3.63) is 46.7 Å². The van der Waals surface area contributed by atoms with Crippen LogP contribution >= 0.6 is 11.3 Å². The average Bonchev–Trinajstić information content (AvgIpc) is 3.53. The molecule has 1 saturated heterocycles. The first-order valence-corrected chi connectivity index (χ1v) is 11.5. The first-order valence-electron chi connectivity index (χ1n) is 10.6. The lowest BCUT2D eigenvalue weighted by Gasteiger charge is -2.12. The van der Waals surface area contributed by atoms with Crippen molar-refractivity contribution in [3.63, 3.8) is 0 Å². The topological polar surface area (TPSA) is 78.3 Å². The van der Waals surface area contributed by atoms with Crippen molar-refractivity contribution >= 4 is 17.2 Å². The van der Waals surface area contributed by atoms with Gasteiger partial charge in [-0.05, 0) is 44.4 Å². The summed E-state index contributed by atoms with van der Waals surface area (Å²) in [5.74, 6) is -0.112. The van der Waals surface area contributed by atoms with Gasteiger partial charge in [-0.1, -0.05) is 6.92 Å². The van der Waals surface area contributed by atoms with Crippen LogP contribution in [-0.4, -0.2) is 47.0 Å². The second-order valence-electron chi connectivity index (χ2n) is 7.58. The fourth-order valence-electron chi connectivity index (χ4n) is 3.80. The molecule has 3 aromatic rings. The number of nitrogens with one attached hydrogen (secondary N) is 1. The number of nitrogens with zero attached hydrogens (tertiary/aromatic N) is 3. The Hall–Kier alpha value is -2.55. The molecule has 0 saturated carbocycles. The molecule has 0 aromatic carbocycles. The summed E-state index contributed by atoms with van der Waals surface area (Å²) < 4.78 is 13.0. The molecule has 1 N–H and O–H groups in total. The van der Waals surface area contributed by atoms with Gasteiger partial charge in [-0.3, -0.25) is 9.78 Å². The zero-order valence-corrected chi connectivity index (χ0v) is 19.0. The van der Waals surface area contributed by atoms with Crippen LogP contribution in [0.15, 0.2) is 29.8 Å². The van der Waals surface area contributed by atoms with Gasteiger partial charge in [0.2, 0.25) is 0 Å². The second kappa shape index (κ2) is 9.72. The Morgan fingerprint density at radius 3 is 3.03 bits per heavy atom. The predicted octanol–water partition coefficient (Wildman–Crippen LogP) is 4.06. The number of pyridine rings is 1. The van der Waals surface area contributed by atoms with E-state index in [9.17, 15) is 4.79 Å². The van der Waals surface area contributed by atoms with E-state index in [2.05, 4.69) is 27.9 Å². The van der Waals surface area contributed by atoms with Crippen LogP contribution in [0.1, 0.15) is 41.5 Å². The molecular weight excluding hydrogens is 412 g/mol. The Morgan fingerprint density at radius 2 is 2.29 bits per heavy atom. The lowest BCUT2D eigenvalue weighted by Crippen LogP contribution is -2.34. The summed E-state index contributed by atoms with van der Waals surface area (Å²) in [6, 6.07) is 5.99. The summed E-state index contributed by atoms with van der Waals surface area (Å²) >= 11 is 1.59. The van der Waals surface area contributed by atoms with E-state index in [1.165, 1.54) is 0 Å². The van der Waals surface area contributed by atoms with Gasteiger partial charge in [-0.15, -0.1) is 11.3 Å². The van der Waals surface area contributed by atoms with E-state index in [1.807, 2.05) is 30.6 Å². The Kier molecular flexibility index (Phi) is 6.80. The van der Waals surface area contributed by atoms with Gasteiger partial charge in [0.1, 0.15) is 11.2 Å². The highest BCUT2D eigenvalue weighted by atomic mass is 32.1. The maximum Gasteiger partial charge on any atom is 0.255 e. The number of aromatic nitrogens is 3. The van der Waals surface area contributed by atoms with Crippen molar-refractivity contribution in [2.75, 3.05) is 20.3 Å². The first-order chi connectivity index (χ1) is 15.1. The molecule has 4 heterocycles. The van der Waals surface area contributed by atoms with E-state index in [-0.39, 0.29) is 12.1 Å². The minimum absolute atomic E-state index is 0.112. The third-order valence-corrected chi connectivity index (χ3v) is 6.44. The number of hydrogen-bond acceptors (Lipinski definition) is 6. The summed E-state index contributed by atoms with van der Waals surface area (Å²) in [5, 5.41) is 5.98. The third kappa shape index (κ3) is 4.71. The Morgan fingerprint density at radius 1 is 1.42 bits per heavy atom. The standard InChI is InChI=1S/C23H28N4O3S/c1-4-17-12-16(7-8-24-17)23-25-19(14-31-23)20-13-18(15(2)27(20)9-11-29-3)22(28)26-21-6-5-10-30-21/h7-8,12-14,21H,4-6,9-11H2,1-3H3,(H,26,28). The number of thiazole rings is 1. The molecule has 1 fully saturated rings. The molecule has 0 radical (unpaired) electrons. The molecule has 1 unspecified atom stereocenters. The largest absolute Gasteiger partial charge is 0.383 e. The molecular formula is C23H28N4O3S. The van der Waals surface area contributed by atoms with Crippen molar-refractivity contribution in [2.45, 2.75) is 45.9 Å².